The molecule has 0 saturated carbocycles. The van der Waals surface area contributed by atoms with Crippen molar-refractivity contribution in [1.29, 1.82) is 0 Å². The summed E-state index contributed by atoms with van der Waals surface area (Å²) in [6.07, 6.45) is 0. The van der Waals surface area contributed by atoms with Crippen molar-refractivity contribution in [2.75, 3.05) is 13.7 Å². The minimum Gasteiger partial charge on any atom is -0.507 e. The lowest BCUT2D eigenvalue weighted by Gasteiger charge is -2.35. The molecular weight excluding hydrogens is 404 g/mol. The third-order valence-electron chi connectivity index (χ3n) is 5.23. The fraction of sp³-hybridized carbons (Fsp3) is 0.217. The second-order valence-corrected chi connectivity index (χ2v) is 7.69. The molecule has 0 aliphatic carbocycles. The third kappa shape index (κ3) is 3.30. The van der Waals surface area contributed by atoms with Crippen molar-refractivity contribution in [1.82, 2.24) is 0 Å². The Morgan fingerprint density at radius 2 is 1.63 bits per heavy atom. The average Bonchev–Trinajstić information content (AvgIpc) is 2.71. The van der Waals surface area contributed by atoms with Gasteiger partial charge in [-0.3, -0.25) is 0 Å². The Kier molecular flexibility index (Phi) is 4.83. The summed E-state index contributed by atoms with van der Waals surface area (Å²) in [5, 5.41) is 10.1. The van der Waals surface area contributed by atoms with Gasteiger partial charge in [0.05, 0.1) is 13.7 Å². The molecule has 4 rings (SSSR count). The van der Waals surface area contributed by atoms with Crippen LogP contribution >= 0.6 is 15.9 Å². The number of halogens is 1. The molecular formula is C23H21BrO3. The van der Waals surface area contributed by atoms with Crippen molar-refractivity contribution in [2.24, 2.45) is 0 Å². The second kappa shape index (κ2) is 7.28. The van der Waals surface area contributed by atoms with Gasteiger partial charge < -0.3 is 14.6 Å². The molecule has 3 nitrogen and oxygen atoms in total. The summed E-state index contributed by atoms with van der Waals surface area (Å²) in [5.74, 6) is 2.06. The number of rotatable bonds is 3. The summed E-state index contributed by atoms with van der Waals surface area (Å²) in [6.45, 7) is 2.64. The molecule has 27 heavy (non-hydrogen) atoms. The number of phenolic OH excluding ortho intramolecular Hbond substituents is 1. The Labute approximate surface area is 167 Å². The summed E-state index contributed by atoms with van der Waals surface area (Å²) < 4.78 is 12.0. The summed E-state index contributed by atoms with van der Waals surface area (Å²) in [7, 11) is 1.67. The van der Waals surface area contributed by atoms with Crippen molar-refractivity contribution in [3.63, 3.8) is 0 Å². The van der Waals surface area contributed by atoms with E-state index in [9.17, 15) is 5.11 Å². The molecule has 0 aromatic heterocycles. The highest BCUT2D eigenvalue weighted by molar-refractivity contribution is 9.10. The van der Waals surface area contributed by atoms with Crippen LogP contribution in [0.2, 0.25) is 0 Å². The number of hydrogen-bond acceptors (Lipinski definition) is 3. The van der Waals surface area contributed by atoms with E-state index in [1.807, 2.05) is 18.2 Å². The van der Waals surface area contributed by atoms with Crippen LogP contribution in [0.15, 0.2) is 65.1 Å². The lowest BCUT2D eigenvalue weighted by atomic mass is 9.76. The molecule has 0 bridgehead atoms. The maximum atomic E-state index is 10.1. The van der Waals surface area contributed by atoms with E-state index in [-0.39, 0.29) is 17.6 Å². The summed E-state index contributed by atoms with van der Waals surface area (Å²) in [4.78, 5) is 0. The second-order valence-electron chi connectivity index (χ2n) is 6.90. The molecule has 0 saturated heterocycles. The fourth-order valence-electron chi connectivity index (χ4n) is 3.76. The van der Waals surface area contributed by atoms with Gasteiger partial charge >= 0.3 is 0 Å². The average molecular weight is 425 g/mol. The highest BCUT2D eigenvalue weighted by atomic mass is 79.9. The van der Waals surface area contributed by atoms with E-state index in [4.69, 9.17) is 9.47 Å². The number of ether oxygens (including phenoxy) is 2. The van der Waals surface area contributed by atoms with Gasteiger partial charge in [0.1, 0.15) is 21.7 Å². The number of aromatic hydroxyl groups is 1. The summed E-state index contributed by atoms with van der Waals surface area (Å²) >= 11 is 3.48. The highest BCUT2D eigenvalue weighted by Gasteiger charge is 2.35. The lowest BCUT2D eigenvalue weighted by Crippen LogP contribution is -2.25. The van der Waals surface area contributed by atoms with Crippen LogP contribution in [0.5, 0.6) is 17.2 Å². The maximum absolute atomic E-state index is 10.1. The van der Waals surface area contributed by atoms with Gasteiger partial charge in [-0.15, -0.1) is 0 Å². The van der Waals surface area contributed by atoms with Crippen LogP contribution in [0.25, 0.3) is 0 Å². The normalized spacial score (nSPS) is 18.5. The van der Waals surface area contributed by atoms with Gasteiger partial charge in [-0.2, -0.15) is 0 Å². The van der Waals surface area contributed by atoms with Crippen molar-refractivity contribution in [3.05, 3.63) is 87.4 Å². The van der Waals surface area contributed by atoms with Gasteiger partial charge in [0, 0.05) is 17.4 Å². The van der Waals surface area contributed by atoms with Crippen LogP contribution < -0.4 is 9.47 Å². The fourth-order valence-corrected chi connectivity index (χ4v) is 4.24. The molecule has 3 aromatic carbocycles. The number of hydrogen-bond donors (Lipinski definition) is 1. The van der Waals surface area contributed by atoms with Crippen molar-refractivity contribution < 1.29 is 14.6 Å². The molecule has 2 atom stereocenters. The van der Waals surface area contributed by atoms with E-state index in [0.29, 0.717) is 11.1 Å². The number of methoxy groups -OCH3 is 1. The zero-order chi connectivity index (χ0) is 19.0. The highest BCUT2D eigenvalue weighted by Crippen LogP contribution is 2.50. The molecule has 4 heteroatoms. The quantitative estimate of drug-likeness (QED) is 0.578. The van der Waals surface area contributed by atoms with Crippen LogP contribution in [-0.4, -0.2) is 18.8 Å². The van der Waals surface area contributed by atoms with Gasteiger partial charge in [0.15, 0.2) is 0 Å². The van der Waals surface area contributed by atoms with Gasteiger partial charge in [0.2, 0.25) is 0 Å². The largest absolute Gasteiger partial charge is 0.507 e. The molecule has 1 aliphatic heterocycles. The smallest absolute Gasteiger partial charge is 0.141 e. The predicted octanol–water partition coefficient (Wildman–Crippen LogP) is 5.78. The van der Waals surface area contributed by atoms with E-state index in [2.05, 4.69) is 59.3 Å². The van der Waals surface area contributed by atoms with E-state index in [0.717, 1.165) is 17.1 Å². The van der Waals surface area contributed by atoms with E-state index in [1.54, 1.807) is 13.2 Å². The molecule has 1 aliphatic rings. The number of benzene rings is 3. The SMILES string of the molecule is COc1ccc(C2c3ccc(O)c(Br)c3OCC2c2ccc(C)cc2)cc1. The first-order valence-electron chi connectivity index (χ1n) is 8.93. The van der Waals surface area contributed by atoms with Crippen LogP contribution in [0.4, 0.5) is 0 Å². The molecule has 3 aromatic rings. The molecule has 2 unspecified atom stereocenters. The minimum absolute atomic E-state index is 0.124. The standard InChI is InChI=1S/C23H21BrO3/c1-14-3-5-15(6-4-14)19-13-27-23-18(11-12-20(25)22(23)24)21(19)16-7-9-17(26-2)10-8-16/h3-12,19,21,25H,13H2,1-2H3. The van der Waals surface area contributed by atoms with E-state index >= 15 is 0 Å². The molecule has 1 N–H and O–H groups in total. The van der Waals surface area contributed by atoms with Crippen LogP contribution in [0.3, 0.4) is 0 Å². The minimum atomic E-state index is 0.124. The Morgan fingerprint density at radius 3 is 2.30 bits per heavy atom. The Morgan fingerprint density at radius 1 is 0.963 bits per heavy atom. The maximum Gasteiger partial charge on any atom is 0.141 e. The first-order valence-corrected chi connectivity index (χ1v) is 9.72. The zero-order valence-electron chi connectivity index (χ0n) is 15.3. The predicted molar refractivity (Wildman–Crippen MR) is 110 cm³/mol. The molecule has 0 amide bonds. The Hall–Kier alpha value is -2.46. The van der Waals surface area contributed by atoms with Gasteiger partial charge in [-0.1, -0.05) is 48.0 Å². The number of aryl methyl sites for hydroxylation is 1. The molecule has 1 heterocycles. The first-order chi connectivity index (χ1) is 13.1. The van der Waals surface area contributed by atoms with Gasteiger partial charge in [-0.25, -0.2) is 0 Å². The monoisotopic (exact) mass is 424 g/mol. The third-order valence-corrected chi connectivity index (χ3v) is 6.00. The lowest BCUT2D eigenvalue weighted by molar-refractivity contribution is 0.246. The summed E-state index contributed by atoms with van der Waals surface area (Å²) in [5.41, 5.74) is 4.76. The van der Waals surface area contributed by atoms with E-state index in [1.165, 1.54) is 16.7 Å². The summed E-state index contributed by atoms with van der Waals surface area (Å²) in [6, 6.07) is 20.5. The van der Waals surface area contributed by atoms with Gasteiger partial charge in [-0.05, 0) is 52.2 Å². The van der Waals surface area contributed by atoms with Crippen molar-refractivity contribution >= 4 is 15.9 Å². The van der Waals surface area contributed by atoms with Gasteiger partial charge in [0.25, 0.3) is 0 Å². The molecule has 138 valence electrons. The molecule has 0 spiro atoms. The van der Waals surface area contributed by atoms with Crippen LogP contribution in [-0.2, 0) is 0 Å². The topological polar surface area (TPSA) is 38.7 Å². The van der Waals surface area contributed by atoms with Crippen molar-refractivity contribution in [2.45, 2.75) is 18.8 Å². The van der Waals surface area contributed by atoms with E-state index < -0.39 is 0 Å². The number of fused-ring (bicyclic) bond motifs is 1. The van der Waals surface area contributed by atoms with Crippen molar-refractivity contribution in [3.8, 4) is 17.2 Å². The number of phenols is 1. The Bertz CT molecular complexity index is 949. The molecule has 0 radical (unpaired) electrons. The molecule has 0 fully saturated rings. The van der Waals surface area contributed by atoms with Crippen LogP contribution in [0.1, 0.15) is 34.1 Å². The van der Waals surface area contributed by atoms with Crippen LogP contribution in [0, 0.1) is 6.92 Å². The first kappa shape index (κ1) is 17.9. The Balaban J connectivity index is 1.85. The zero-order valence-corrected chi connectivity index (χ0v) is 16.9.